The van der Waals surface area contributed by atoms with Gasteiger partial charge in [-0.15, -0.1) is 0 Å². The zero-order valence-electron chi connectivity index (χ0n) is 60.1. The smallest absolute Gasteiger partial charge is 0.431 e. The first kappa shape index (κ1) is 101. The van der Waals surface area contributed by atoms with Crippen LogP contribution in [0, 0.1) is 0 Å². The Morgan fingerprint density at radius 1 is 0.360 bits per heavy atom. The molecule has 0 aliphatic rings. The van der Waals surface area contributed by atoms with Crippen molar-refractivity contribution < 1.29 is 114 Å². The van der Waals surface area contributed by atoms with Gasteiger partial charge in [-0.2, -0.15) is 11.0 Å². The molecular formula is C58H120N18O24. The van der Waals surface area contributed by atoms with Crippen LogP contribution in [-0.4, -0.2) is 354 Å². The van der Waals surface area contributed by atoms with Crippen LogP contribution < -0.4 is 22.4 Å². The Balaban J connectivity index is -0.000000694. The molecule has 0 fully saturated rings. The Morgan fingerprint density at radius 2 is 0.580 bits per heavy atom. The van der Waals surface area contributed by atoms with Gasteiger partial charge in [0.05, 0.1) is 225 Å². The van der Waals surface area contributed by atoms with E-state index in [1.54, 1.807) is 41.5 Å². The maximum atomic E-state index is 11.5. The van der Waals surface area contributed by atoms with Gasteiger partial charge in [0.25, 0.3) is 0 Å². The molecule has 586 valence electrons. The first-order valence-electron chi connectivity index (χ1n) is 33.0. The summed E-state index contributed by atoms with van der Waals surface area (Å²) in [7, 11) is 0. The fourth-order valence-electron chi connectivity index (χ4n) is 6.29. The molecule has 0 radical (unpaired) electrons. The second-order valence-corrected chi connectivity index (χ2v) is 21.1. The third-order valence-electron chi connectivity index (χ3n) is 10.6. The summed E-state index contributed by atoms with van der Waals surface area (Å²) in [5, 5.41) is 21.7. The number of aliphatic hydroxyl groups excluding tert-OH is 1. The van der Waals surface area contributed by atoms with Gasteiger partial charge in [-0.3, -0.25) is 19.5 Å². The summed E-state index contributed by atoms with van der Waals surface area (Å²) in [4.78, 5) is 57.5. The SMILES string of the molecule is CC(C)(C)OC(=O)NOCCOCCOCCN(CCOCCOCCN)CCOCCOCCN.CC(C)(C)OC(=O)NOCCOCCOCCN(CCOCCOCCN=[N+]=[N-])CCOCCOCCN=[N+]=[N-].[N-]=[N+]=NCCOCCOCC=O.[N-]=[N+]=NCCOCCOCCO. The first-order valence-corrected chi connectivity index (χ1v) is 33.0. The summed E-state index contributed by atoms with van der Waals surface area (Å²) >= 11 is 0. The summed E-state index contributed by atoms with van der Waals surface area (Å²) in [5.74, 6) is 0. The lowest BCUT2D eigenvalue weighted by molar-refractivity contribution is -0.112. The van der Waals surface area contributed by atoms with Crippen molar-refractivity contribution in [3.05, 3.63) is 41.8 Å². The van der Waals surface area contributed by atoms with Gasteiger partial charge in [-0.25, -0.2) is 9.59 Å². The van der Waals surface area contributed by atoms with Crippen molar-refractivity contribution in [1.82, 2.24) is 20.8 Å². The molecule has 100 heavy (non-hydrogen) atoms. The minimum atomic E-state index is -0.651. The van der Waals surface area contributed by atoms with Gasteiger partial charge in [-0.1, -0.05) is 20.5 Å². The highest BCUT2D eigenvalue weighted by Crippen LogP contribution is 2.07. The van der Waals surface area contributed by atoms with Crippen LogP contribution >= 0.6 is 0 Å². The highest BCUT2D eigenvalue weighted by atomic mass is 16.7. The predicted molar refractivity (Wildman–Crippen MR) is 364 cm³/mol. The van der Waals surface area contributed by atoms with E-state index in [2.05, 4.69) is 60.9 Å². The first-order chi connectivity index (χ1) is 48.6. The van der Waals surface area contributed by atoms with E-state index >= 15 is 0 Å². The summed E-state index contributed by atoms with van der Waals surface area (Å²) in [6.07, 6.45) is -0.603. The minimum absolute atomic E-state index is 0.0265. The molecule has 42 nitrogen and oxygen atoms in total. The fourth-order valence-corrected chi connectivity index (χ4v) is 6.29. The Kier molecular flexibility index (Phi) is 86.7. The molecule has 0 spiro atoms. The van der Waals surface area contributed by atoms with Crippen LogP contribution in [0.15, 0.2) is 20.5 Å². The van der Waals surface area contributed by atoms with Crippen molar-refractivity contribution in [2.75, 3.05) is 310 Å². The number of carbonyl (C=O) groups is 3. The zero-order chi connectivity index (χ0) is 74.5. The highest BCUT2D eigenvalue weighted by molar-refractivity contribution is 5.66. The van der Waals surface area contributed by atoms with Gasteiger partial charge < -0.3 is 107 Å². The molecule has 0 heterocycles. The standard InChI is InChI=1S/C23H46N8O9.C23H50N4O9.C6H13N3O3.C6H11N3O3/c1-23(2,3)40-22(32)28-39-21-20-38-19-18-37-13-8-31(6-11-35-16-14-33-9-4-26-29-24)7-12-36-17-15-34-10-5-27-30-25;1-23(2,3)36-22(28)26-35-21-20-34-19-18-33-13-8-27(6-11-31-16-14-29-9-4-24)7-12-32-17-15-30-10-5-25;2*7-9-8-1-3-11-5-6-12-4-2-10/h4-21H2,1-3H3,(H,28,32);4-21,24-25H2,1-3H3,(H,26,28);10H,1-6H2;2H,1,3-6H2. The van der Waals surface area contributed by atoms with E-state index in [0.29, 0.717) is 270 Å². The van der Waals surface area contributed by atoms with E-state index in [0.717, 1.165) is 19.6 Å². The number of aldehydes is 1. The molecule has 7 N–H and O–H groups in total. The number of rotatable bonds is 70. The van der Waals surface area contributed by atoms with Crippen molar-refractivity contribution in [3.8, 4) is 0 Å². The molecule has 0 aromatic rings. The van der Waals surface area contributed by atoms with E-state index in [1.807, 2.05) is 0 Å². The average molecular weight is 1450 g/mol. The molecule has 0 saturated carbocycles. The van der Waals surface area contributed by atoms with Gasteiger partial charge in [0.2, 0.25) is 0 Å². The molecule has 0 bridgehead atoms. The molecule has 0 aromatic carbocycles. The number of hydroxylamine groups is 2. The molecule has 0 unspecified atom stereocenters. The van der Waals surface area contributed by atoms with Crippen LogP contribution in [0.3, 0.4) is 0 Å². The zero-order valence-corrected chi connectivity index (χ0v) is 60.1. The van der Waals surface area contributed by atoms with E-state index in [4.69, 9.17) is 134 Å². The maximum absolute atomic E-state index is 11.5. The highest BCUT2D eigenvalue weighted by Gasteiger charge is 2.17. The number of azide groups is 4. The second kappa shape index (κ2) is 85.9. The molecule has 0 atom stereocenters. The summed E-state index contributed by atoms with van der Waals surface area (Å²) < 4.78 is 95.7. The summed E-state index contributed by atoms with van der Waals surface area (Å²) in [6, 6.07) is 0. The molecule has 0 aromatic heterocycles. The number of amides is 2. The van der Waals surface area contributed by atoms with Gasteiger partial charge in [0.1, 0.15) is 24.1 Å². The normalized spacial score (nSPS) is 10.9. The van der Waals surface area contributed by atoms with Crippen LogP contribution in [0.25, 0.3) is 41.8 Å². The number of hydrogen-bond donors (Lipinski definition) is 5. The predicted octanol–water partition coefficient (Wildman–Crippen LogP) is 3.08. The Labute approximate surface area is 588 Å². The Hall–Kier alpha value is -5.47. The Morgan fingerprint density at radius 3 is 0.810 bits per heavy atom. The van der Waals surface area contributed by atoms with Gasteiger partial charge in [0, 0.05) is 98.2 Å². The van der Waals surface area contributed by atoms with E-state index in [-0.39, 0.29) is 26.4 Å². The largest absolute Gasteiger partial charge is 0.442 e. The van der Waals surface area contributed by atoms with E-state index in [9.17, 15) is 14.4 Å². The third kappa shape index (κ3) is 98.9. The van der Waals surface area contributed by atoms with Crippen molar-refractivity contribution in [1.29, 1.82) is 0 Å². The van der Waals surface area contributed by atoms with E-state index in [1.165, 1.54) is 0 Å². The van der Waals surface area contributed by atoms with Crippen LogP contribution in [0.1, 0.15) is 41.5 Å². The number of nitrogens with two attached hydrogens (primary N) is 2. The molecular weight excluding hydrogens is 1330 g/mol. The van der Waals surface area contributed by atoms with E-state index < -0.39 is 23.4 Å². The molecule has 0 saturated heterocycles. The van der Waals surface area contributed by atoms with Crippen LogP contribution in [0.5, 0.6) is 0 Å². The lowest BCUT2D eigenvalue weighted by Gasteiger charge is -2.22. The van der Waals surface area contributed by atoms with Gasteiger partial charge >= 0.3 is 12.2 Å². The lowest BCUT2D eigenvalue weighted by Crippen LogP contribution is -2.34. The number of nitrogens with one attached hydrogen (secondary N) is 2. The van der Waals surface area contributed by atoms with Crippen molar-refractivity contribution in [3.63, 3.8) is 0 Å². The lowest BCUT2D eigenvalue weighted by atomic mass is 10.2. The van der Waals surface area contributed by atoms with Crippen LogP contribution in [0.2, 0.25) is 0 Å². The number of aliphatic hydroxyl groups is 1. The molecule has 0 aliphatic heterocycles. The molecule has 42 heteroatoms. The quantitative estimate of drug-likeness (QED) is 0.0146. The van der Waals surface area contributed by atoms with Crippen molar-refractivity contribution in [2.45, 2.75) is 52.7 Å². The van der Waals surface area contributed by atoms with Crippen molar-refractivity contribution >= 4 is 18.5 Å². The molecule has 2 amide bonds. The number of nitrogens with zero attached hydrogens (tertiary/aromatic N) is 14. The van der Waals surface area contributed by atoms with Crippen LogP contribution in [0.4, 0.5) is 9.59 Å². The summed E-state index contributed by atoms with van der Waals surface area (Å²) in [5.41, 5.74) is 46.2. The summed E-state index contributed by atoms with van der Waals surface area (Å²) in [6.45, 7) is 31.8. The molecule has 0 aliphatic carbocycles. The van der Waals surface area contributed by atoms with Gasteiger partial charge in [0.15, 0.2) is 0 Å². The second-order valence-electron chi connectivity index (χ2n) is 21.1. The third-order valence-corrected chi connectivity index (χ3v) is 10.6. The minimum Gasteiger partial charge on any atom is -0.442 e. The van der Waals surface area contributed by atoms with Gasteiger partial charge in [-0.05, 0) is 63.7 Å². The monoisotopic (exact) mass is 1450 g/mol. The average Bonchev–Trinajstić information content (AvgIpc) is 1.35. The Bertz CT molecular complexity index is 1910. The number of hydrogen-bond acceptors (Lipinski definition) is 32. The number of carbonyl (C=O) groups excluding carboxylic acids is 3. The fraction of sp³-hybridized carbons (Fsp3) is 0.948. The topological polar surface area (TPSA) is 534 Å². The number of ether oxygens (including phenoxy) is 18. The maximum Gasteiger partial charge on any atom is 0.431 e. The van der Waals surface area contributed by atoms with Crippen LogP contribution in [-0.2, 0) is 99.7 Å². The molecule has 0 rings (SSSR count). The van der Waals surface area contributed by atoms with Crippen molar-refractivity contribution in [2.24, 2.45) is 31.9 Å².